The summed E-state index contributed by atoms with van der Waals surface area (Å²) in [7, 11) is 0. The summed E-state index contributed by atoms with van der Waals surface area (Å²) in [5, 5.41) is 2.84. The van der Waals surface area contributed by atoms with Crippen LogP contribution in [0.25, 0.3) is 0 Å². The molecule has 0 saturated carbocycles. The first-order valence-electron chi connectivity index (χ1n) is 4.69. The van der Waals surface area contributed by atoms with E-state index in [1.807, 2.05) is 0 Å². The fourth-order valence-electron chi connectivity index (χ4n) is 1.45. The Labute approximate surface area is 81.9 Å². The Kier molecular flexibility index (Phi) is 2.78. The zero-order valence-electron chi connectivity index (χ0n) is 7.82. The lowest BCUT2D eigenvalue weighted by Crippen LogP contribution is -2.30. The summed E-state index contributed by atoms with van der Waals surface area (Å²) in [6.07, 6.45) is 4.13. The highest BCUT2D eigenvalue weighted by Gasteiger charge is 2.22. The number of rotatable bonds is 3. The Morgan fingerprint density at radius 3 is 3.36 bits per heavy atom. The third-order valence-corrected chi connectivity index (χ3v) is 2.31. The van der Waals surface area contributed by atoms with Gasteiger partial charge in [-0.3, -0.25) is 4.79 Å². The van der Waals surface area contributed by atoms with Gasteiger partial charge in [-0.1, -0.05) is 0 Å². The van der Waals surface area contributed by atoms with Crippen molar-refractivity contribution in [3.8, 4) is 0 Å². The van der Waals surface area contributed by atoms with Gasteiger partial charge in [0.2, 0.25) is 5.91 Å². The van der Waals surface area contributed by atoms with Gasteiger partial charge in [0, 0.05) is 12.8 Å². The Morgan fingerprint density at radius 2 is 2.71 bits per heavy atom. The molecule has 1 aromatic heterocycles. The molecule has 5 nitrogen and oxygen atoms in total. The van der Waals surface area contributed by atoms with E-state index < -0.39 is 0 Å². The second-order valence-corrected chi connectivity index (χ2v) is 3.36. The van der Waals surface area contributed by atoms with Crippen molar-refractivity contribution >= 4 is 5.91 Å². The lowest BCUT2D eigenvalue weighted by Gasteiger charge is -2.07. The maximum absolute atomic E-state index is 11.5. The maximum Gasteiger partial charge on any atom is 0.225 e. The van der Waals surface area contributed by atoms with E-state index in [-0.39, 0.29) is 11.8 Å². The van der Waals surface area contributed by atoms with Crippen molar-refractivity contribution in [2.45, 2.75) is 13.0 Å². The second kappa shape index (κ2) is 4.23. The topological polar surface area (TPSA) is 67.0 Å². The lowest BCUT2D eigenvalue weighted by atomic mass is 10.1. The van der Waals surface area contributed by atoms with Crippen molar-refractivity contribution in [1.82, 2.24) is 15.3 Å². The summed E-state index contributed by atoms with van der Waals surface area (Å²) in [6.45, 7) is 1.76. The summed E-state index contributed by atoms with van der Waals surface area (Å²) in [6, 6.07) is 0. The van der Waals surface area contributed by atoms with Crippen LogP contribution in [0.1, 0.15) is 12.1 Å². The first kappa shape index (κ1) is 9.21. The molecule has 1 fully saturated rings. The van der Waals surface area contributed by atoms with Crippen LogP contribution >= 0.6 is 0 Å². The largest absolute Gasteiger partial charge is 0.381 e. The summed E-state index contributed by atoms with van der Waals surface area (Å²) >= 11 is 0. The van der Waals surface area contributed by atoms with Crippen molar-refractivity contribution in [2.75, 3.05) is 13.2 Å². The highest BCUT2D eigenvalue weighted by molar-refractivity contribution is 5.78. The Hall–Kier alpha value is -1.36. The van der Waals surface area contributed by atoms with Gasteiger partial charge in [0.05, 0.1) is 31.1 Å². The summed E-state index contributed by atoms with van der Waals surface area (Å²) < 4.78 is 5.13. The average Bonchev–Trinajstić information content (AvgIpc) is 2.87. The van der Waals surface area contributed by atoms with E-state index in [4.69, 9.17) is 4.74 Å². The molecule has 14 heavy (non-hydrogen) atoms. The average molecular weight is 195 g/mol. The van der Waals surface area contributed by atoms with Crippen molar-refractivity contribution in [2.24, 2.45) is 5.92 Å². The van der Waals surface area contributed by atoms with Crippen LogP contribution in [0, 0.1) is 5.92 Å². The van der Waals surface area contributed by atoms with Crippen LogP contribution in [-0.2, 0) is 16.1 Å². The zero-order chi connectivity index (χ0) is 9.80. The number of carbonyl (C=O) groups excluding carboxylic acids is 1. The monoisotopic (exact) mass is 195 g/mol. The smallest absolute Gasteiger partial charge is 0.225 e. The Morgan fingerprint density at radius 1 is 1.79 bits per heavy atom. The van der Waals surface area contributed by atoms with Gasteiger partial charge in [-0.2, -0.15) is 0 Å². The number of nitrogens with zero attached hydrogens (tertiary/aromatic N) is 1. The molecule has 1 unspecified atom stereocenters. The molecule has 2 heterocycles. The molecule has 1 aromatic rings. The quantitative estimate of drug-likeness (QED) is 0.716. The fourth-order valence-corrected chi connectivity index (χ4v) is 1.45. The van der Waals surface area contributed by atoms with Crippen molar-refractivity contribution in [3.63, 3.8) is 0 Å². The maximum atomic E-state index is 11.5. The van der Waals surface area contributed by atoms with Crippen LogP contribution < -0.4 is 5.32 Å². The van der Waals surface area contributed by atoms with Gasteiger partial charge in [0.15, 0.2) is 0 Å². The summed E-state index contributed by atoms with van der Waals surface area (Å²) in [5.74, 6) is 0.0926. The molecule has 76 valence electrons. The summed E-state index contributed by atoms with van der Waals surface area (Å²) in [4.78, 5) is 18.3. The van der Waals surface area contributed by atoms with E-state index in [2.05, 4.69) is 15.3 Å². The van der Waals surface area contributed by atoms with Crippen molar-refractivity contribution in [1.29, 1.82) is 0 Å². The van der Waals surface area contributed by atoms with E-state index in [0.29, 0.717) is 19.8 Å². The Bertz CT molecular complexity index is 291. The standard InChI is InChI=1S/C9H13N3O2/c13-9(7-1-2-14-5-7)11-4-8-3-10-6-12-8/h3,6-7H,1-2,4-5H2,(H,10,12)(H,11,13). The predicted octanol–water partition coefficient (Wildman–Crippen LogP) is 0.0624. The number of carbonyl (C=O) groups is 1. The number of imidazole rings is 1. The minimum Gasteiger partial charge on any atom is -0.381 e. The number of hydrogen-bond acceptors (Lipinski definition) is 3. The molecule has 1 saturated heterocycles. The Balaban J connectivity index is 1.77. The molecule has 2 N–H and O–H groups in total. The normalized spacial score (nSPS) is 21.0. The molecule has 0 spiro atoms. The van der Waals surface area contributed by atoms with E-state index >= 15 is 0 Å². The third-order valence-electron chi connectivity index (χ3n) is 2.31. The van der Waals surface area contributed by atoms with Gasteiger partial charge in [0.1, 0.15) is 0 Å². The first-order chi connectivity index (χ1) is 6.86. The number of hydrogen-bond donors (Lipinski definition) is 2. The van der Waals surface area contributed by atoms with Gasteiger partial charge in [-0.15, -0.1) is 0 Å². The number of amides is 1. The van der Waals surface area contributed by atoms with Gasteiger partial charge >= 0.3 is 0 Å². The third kappa shape index (κ3) is 2.11. The molecule has 1 aliphatic heterocycles. The number of H-pyrrole nitrogens is 1. The van der Waals surface area contributed by atoms with Crippen molar-refractivity contribution in [3.05, 3.63) is 18.2 Å². The van der Waals surface area contributed by atoms with E-state index in [1.54, 1.807) is 12.5 Å². The highest BCUT2D eigenvalue weighted by Crippen LogP contribution is 2.11. The molecule has 1 atom stereocenters. The SMILES string of the molecule is O=C(NCc1cnc[nH]1)C1CCOC1. The number of aromatic amines is 1. The minimum absolute atomic E-state index is 0.0259. The predicted molar refractivity (Wildman–Crippen MR) is 49.4 cm³/mol. The van der Waals surface area contributed by atoms with Crippen LogP contribution in [-0.4, -0.2) is 29.1 Å². The van der Waals surface area contributed by atoms with E-state index in [0.717, 1.165) is 12.1 Å². The van der Waals surface area contributed by atoms with Crippen LogP contribution in [0.2, 0.25) is 0 Å². The van der Waals surface area contributed by atoms with Crippen LogP contribution in [0.4, 0.5) is 0 Å². The number of nitrogens with one attached hydrogen (secondary N) is 2. The van der Waals surface area contributed by atoms with E-state index in [1.165, 1.54) is 0 Å². The van der Waals surface area contributed by atoms with Crippen LogP contribution in [0.3, 0.4) is 0 Å². The lowest BCUT2D eigenvalue weighted by molar-refractivity contribution is -0.125. The molecule has 1 aliphatic rings. The molecule has 0 bridgehead atoms. The minimum atomic E-state index is 0.0259. The molecule has 0 radical (unpaired) electrons. The molecule has 2 rings (SSSR count). The number of aromatic nitrogens is 2. The molecule has 1 amide bonds. The van der Waals surface area contributed by atoms with Crippen LogP contribution in [0.5, 0.6) is 0 Å². The van der Waals surface area contributed by atoms with Gasteiger partial charge in [0.25, 0.3) is 0 Å². The summed E-state index contributed by atoms with van der Waals surface area (Å²) in [5.41, 5.74) is 0.914. The fraction of sp³-hybridized carbons (Fsp3) is 0.556. The first-order valence-corrected chi connectivity index (χ1v) is 4.69. The molecule has 0 aliphatic carbocycles. The molecular formula is C9H13N3O2. The molecular weight excluding hydrogens is 182 g/mol. The second-order valence-electron chi connectivity index (χ2n) is 3.36. The van der Waals surface area contributed by atoms with Gasteiger partial charge in [-0.05, 0) is 6.42 Å². The van der Waals surface area contributed by atoms with E-state index in [9.17, 15) is 4.79 Å². The molecule has 0 aromatic carbocycles. The molecule has 5 heteroatoms. The zero-order valence-corrected chi connectivity index (χ0v) is 7.82. The van der Waals surface area contributed by atoms with Gasteiger partial charge < -0.3 is 15.0 Å². The highest BCUT2D eigenvalue weighted by atomic mass is 16.5. The number of ether oxygens (including phenoxy) is 1. The van der Waals surface area contributed by atoms with Crippen molar-refractivity contribution < 1.29 is 9.53 Å². The van der Waals surface area contributed by atoms with Gasteiger partial charge in [-0.25, -0.2) is 4.98 Å². The van der Waals surface area contributed by atoms with Crippen LogP contribution in [0.15, 0.2) is 12.5 Å².